The molecule has 35 heavy (non-hydrogen) atoms. The fourth-order valence-electron chi connectivity index (χ4n) is 4.88. The number of aliphatic carboxylic acids is 1. The van der Waals surface area contributed by atoms with Crippen molar-refractivity contribution >= 4 is 46.8 Å². The third kappa shape index (κ3) is 4.47. The lowest BCUT2D eigenvalue weighted by Gasteiger charge is -2.30. The first kappa shape index (κ1) is 23.6. The van der Waals surface area contributed by atoms with E-state index >= 15 is 0 Å². The highest BCUT2D eigenvalue weighted by molar-refractivity contribution is 8.00. The summed E-state index contributed by atoms with van der Waals surface area (Å²) in [7, 11) is 0. The number of fused-ring (bicyclic) bond motifs is 2. The third-order valence-electron chi connectivity index (χ3n) is 6.52. The number of aromatic amines is 1. The molecule has 2 unspecified atom stereocenters. The molecule has 0 bridgehead atoms. The van der Waals surface area contributed by atoms with Gasteiger partial charge in [-0.25, -0.2) is 0 Å². The van der Waals surface area contributed by atoms with Crippen LogP contribution in [0.2, 0.25) is 0 Å². The number of hydrogen-bond donors (Lipinski definition) is 2. The van der Waals surface area contributed by atoms with Crippen molar-refractivity contribution in [2.45, 2.75) is 35.5 Å². The number of ether oxygens (including phenoxy) is 1. The highest BCUT2D eigenvalue weighted by atomic mass is 32.2. The number of carboxylic acids is 1. The first-order valence-electron chi connectivity index (χ1n) is 11.3. The normalized spacial score (nSPS) is 23.7. The van der Waals surface area contributed by atoms with E-state index in [-0.39, 0.29) is 17.4 Å². The predicted octanol–water partition coefficient (Wildman–Crippen LogP) is 1.50. The zero-order valence-electron chi connectivity index (χ0n) is 18.6. The molecule has 2 saturated heterocycles. The van der Waals surface area contributed by atoms with Crippen molar-refractivity contribution in [3.63, 3.8) is 0 Å². The van der Waals surface area contributed by atoms with Gasteiger partial charge >= 0.3 is 10.8 Å². The number of nitrogens with zero attached hydrogens (tertiary/aromatic N) is 2. The second kappa shape index (κ2) is 9.50. The van der Waals surface area contributed by atoms with Crippen LogP contribution in [0.15, 0.2) is 34.1 Å². The molecule has 0 radical (unpaired) electrons. The molecule has 2 fully saturated rings. The van der Waals surface area contributed by atoms with Crippen molar-refractivity contribution < 1.29 is 29.0 Å². The molecule has 0 spiro atoms. The number of piperidine rings is 1. The molecule has 3 aliphatic heterocycles. The van der Waals surface area contributed by atoms with Crippen LogP contribution in [0.1, 0.15) is 35.6 Å². The largest absolute Gasteiger partial charge is 0.484 e. The number of hydrogen-bond acceptors (Lipinski definition) is 8. The van der Waals surface area contributed by atoms with E-state index in [0.717, 1.165) is 60.4 Å². The van der Waals surface area contributed by atoms with Gasteiger partial charge in [-0.1, -0.05) is 35.2 Å². The van der Waals surface area contributed by atoms with Crippen LogP contribution < -0.4 is 9.61 Å². The highest BCUT2D eigenvalue weighted by Crippen LogP contribution is 2.52. The molecule has 3 aliphatic rings. The number of carbonyl (C=O) groups is 4. The van der Waals surface area contributed by atoms with Gasteiger partial charge in [-0.15, -0.1) is 0 Å². The van der Waals surface area contributed by atoms with Crippen LogP contribution in [0.3, 0.4) is 0 Å². The number of benzene rings is 1. The number of imide groups is 1. The lowest BCUT2D eigenvalue weighted by molar-refractivity contribution is -0.149. The maximum Gasteiger partial charge on any atom is 0.323 e. The molecular weight excluding hydrogens is 494 g/mol. The Morgan fingerprint density at radius 2 is 1.77 bits per heavy atom. The highest BCUT2D eigenvalue weighted by Gasteiger charge is 2.56. The van der Waals surface area contributed by atoms with Crippen molar-refractivity contribution in [1.82, 2.24) is 14.8 Å². The van der Waals surface area contributed by atoms with Crippen molar-refractivity contribution in [3.8, 4) is 5.75 Å². The van der Waals surface area contributed by atoms with Gasteiger partial charge in [0.25, 0.3) is 5.91 Å². The summed E-state index contributed by atoms with van der Waals surface area (Å²) in [5.41, 5.74) is 0.699. The van der Waals surface area contributed by atoms with Crippen molar-refractivity contribution in [2.75, 3.05) is 26.2 Å². The standard InChI is InChI=1S/C23H23N3O7S2/c27-14(25-8-2-1-3-9-25)11-33-13-6-4-12(5-7-13)16-17-19(34-20-18(16)35-23(32)24-20)22(31)26(21(17)30)10-15(28)29/h4-7,16-17,19H,1-3,8-11H2,(H,24,32)(H,28,29)/t16-,17?,19?/m1/s1. The second-order valence-corrected chi connectivity index (χ2v) is 10.9. The quantitative estimate of drug-likeness (QED) is 0.550. The number of nitrogens with one attached hydrogen (secondary N) is 1. The molecular formula is C23H23N3O7S2. The molecule has 12 heteroatoms. The number of H-pyrrole nitrogens is 1. The van der Waals surface area contributed by atoms with Crippen LogP contribution in [-0.2, 0) is 19.2 Å². The molecule has 3 atom stereocenters. The van der Waals surface area contributed by atoms with Gasteiger partial charge in [0.05, 0.1) is 10.9 Å². The molecule has 0 aliphatic carbocycles. The van der Waals surface area contributed by atoms with E-state index in [4.69, 9.17) is 9.84 Å². The molecule has 1 aromatic heterocycles. The smallest absolute Gasteiger partial charge is 0.323 e. The minimum absolute atomic E-state index is 0.0590. The number of thiazole rings is 1. The SMILES string of the molecule is O=C(O)CN1C(=O)C2Sc3[nH]c(=O)sc3[C@H](c3ccc(OCC(=O)N4CCCCC4)cc3)C2C1=O. The van der Waals surface area contributed by atoms with Crippen LogP contribution in [0, 0.1) is 5.92 Å². The first-order chi connectivity index (χ1) is 16.8. The number of amides is 3. The number of carbonyl (C=O) groups excluding carboxylic acids is 3. The number of rotatable bonds is 6. The topological polar surface area (TPSA) is 137 Å². The van der Waals surface area contributed by atoms with E-state index < -0.39 is 41.4 Å². The summed E-state index contributed by atoms with van der Waals surface area (Å²) >= 11 is 2.08. The summed E-state index contributed by atoms with van der Waals surface area (Å²) in [4.78, 5) is 67.4. The molecule has 2 aromatic rings. The second-order valence-electron chi connectivity index (χ2n) is 8.71. The monoisotopic (exact) mass is 517 g/mol. The molecule has 184 valence electrons. The molecule has 0 saturated carbocycles. The van der Waals surface area contributed by atoms with E-state index in [1.165, 1.54) is 0 Å². The Hall–Kier alpha value is -3.12. The van der Waals surface area contributed by atoms with Crippen LogP contribution in [-0.4, -0.2) is 75.1 Å². The van der Waals surface area contributed by atoms with E-state index in [1.54, 1.807) is 29.2 Å². The van der Waals surface area contributed by atoms with Crippen molar-refractivity contribution in [1.29, 1.82) is 0 Å². The van der Waals surface area contributed by atoms with Gasteiger partial charge in [0.15, 0.2) is 6.61 Å². The van der Waals surface area contributed by atoms with E-state index in [2.05, 4.69) is 4.98 Å². The van der Waals surface area contributed by atoms with Crippen LogP contribution in [0.5, 0.6) is 5.75 Å². The summed E-state index contributed by atoms with van der Waals surface area (Å²) in [6.07, 6.45) is 3.13. The van der Waals surface area contributed by atoms with Crippen LogP contribution in [0.25, 0.3) is 0 Å². The third-order valence-corrected chi connectivity index (χ3v) is 8.92. The summed E-state index contributed by atoms with van der Waals surface area (Å²) in [5.74, 6) is -3.36. The number of aromatic nitrogens is 1. The molecule has 1 aromatic carbocycles. The van der Waals surface area contributed by atoms with Gasteiger partial charge in [0, 0.05) is 23.9 Å². The summed E-state index contributed by atoms with van der Waals surface area (Å²) in [6.45, 7) is 0.735. The van der Waals surface area contributed by atoms with Gasteiger partial charge in [-0.05, 0) is 37.0 Å². The van der Waals surface area contributed by atoms with Crippen molar-refractivity contribution in [2.24, 2.45) is 5.92 Å². The lowest BCUT2D eigenvalue weighted by atomic mass is 9.83. The Kier molecular flexibility index (Phi) is 6.41. The molecule has 2 N–H and O–H groups in total. The maximum absolute atomic E-state index is 13.2. The number of thioether (sulfide) groups is 1. The average Bonchev–Trinajstić information content (AvgIpc) is 3.33. The van der Waals surface area contributed by atoms with E-state index in [0.29, 0.717) is 21.2 Å². The van der Waals surface area contributed by atoms with Gasteiger partial charge in [0.2, 0.25) is 11.8 Å². The predicted molar refractivity (Wildman–Crippen MR) is 127 cm³/mol. The summed E-state index contributed by atoms with van der Waals surface area (Å²) in [5, 5.41) is 8.87. The molecule has 3 amide bonds. The number of carboxylic acid groups (broad SMARTS) is 1. The summed E-state index contributed by atoms with van der Waals surface area (Å²) < 4.78 is 5.68. The fraction of sp³-hybridized carbons (Fsp3) is 0.435. The Bertz CT molecular complexity index is 1230. The van der Waals surface area contributed by atoms with Crippen LogP contribution >= 0.6 is 23.1 Å². The first-order valence-corrected chi connectivity index (χ1v) is 13.0. The number of likely N-dealkylation sites (tertiary alicyclic amines) is 2. The van der Waals surface area contributed by atoms with Gasteiger partial charge in [-0.3, -0.25) is 28.9 Å². The van der Waals surface area contributed by atoms with Gasteiger partial charge < -0.3 is 19.7 Å². The Balaban J connectivity index is 1.38. The fourth-order valence-corrected chi connectivity index (χ4v) is 7.41. The average molecular weight is 518 g/mol. The van der Waals surface area contributed by atoms with Gasteiger partial charge in [-0.2, -0.15) is 0 Å². The van der Waals surface area contributed by atoms with E-state index in [1.807, 2.05) is 0 Å². The van der Waals surface area contributed by atoms with Crippen molar-refractivity contribution in [3.05, 3.63) is 44.4 Å². The van der Waals surface area contributed by atoms with Gasteiger partial charge in [0.1, 0.15) is 17.5 Å². The molecule has 10 nitrogen and oxygen atoms in total. The zero-order valence-corrected chi connectivity index (χ0v) is 20.2. The Labute approximate surface area is 208 Å². The lowest BCUT2D eigenvalue weighted by Crippen LogP contribution is -2.38. The minimum Gasteiger partial charge on any atom is -0.484 e. The van der Waals surface area contributed by atoms with E-state index in [9.17, 15) is 24.0 Å². The van der Waals surface area contributed by atoms with Crippen LogP contribution in [0.4, 0.5) is 0 Å². The minimum atomic E-state index is -1.27. The molecule has 4 heterocycles. The zero-order chi connectivity index (χ0) is 24.7. The summed E-state index contributed by atoms with van der Waals surface area (Å²) in [6, 6.07) is 6.90. The maximum atomic E-state index is 13.2. The Morgan fingerprint density at radius 3 is 2.46 bits per heavy atom. The molecule has 5 rings (SSSR count). The Morgan fingerprint density at radius 1 is 1.06 bits per heavy atom.